The maximum absolute atomic E-state index is 4.56. The number of thiazole rings is 1. The summed E-state index contributed by atoms with van der Waals surface area (Å²) in [6.07, 6.45) is 0. The van der Waals surface area contributed by atoms with Gasteiger partial charge in [-0.3, -0.25) is 0 Å². The second-order valence-electron chi connectivity index (χ2n) is 4.50. The third kappa shape index (κ3) is 5.25. The lowest BCUT2D eigenvalue weighted by atomic mass is 10.2. The number of nitrogens with one attached hydrogen (secondary N) is 1. The van der Waals surface area contributed by atoms with Gasteiger partial charge < -0.3 is 10.2 Å². The van der Waals surface area contributed by atoms with Gasteiger partial charge in [-0.05, 0) is 26.6 Å². The molecule has 3 nitrogen and oxygen atoms in total. The largest absolute Gasteiger partial charge is 0.310 e. The van der Waals surface area contributed by atoms with E-state index in [1.54, 1.807) is 11.3 Å². The van der Waals surface area contributed by atoms with Crippen LogP contribution in [0.25, 0.3) is 0 Å². The summed E-state index contributed by atoms with van der Waals surface area (Å²) in [6, 6.07) is 0. The zero-order chi connectivity index (χ0) is 11.3. The fraction of sp³-hybridized carbons (Fsp3) is 0.727. The maximum Gasteiger partial charge on any atom is 0.107 e. The summed E-state index contributed by atoms with van der Waals surface area (Å²) < 4.78 is 0. The minimum atomic E-state index is 0.700. The first-order chi connectivity index (χ1) is 7.08. The highest BCUT2D eigenvalue weighted by atomic mass is 32.1. The van der Waals surface area contributed by atoms with Gasteiger partial charge in [0.15, 0.2) is 0 Å². The predicted octanol–water partition coefficient (Wildman–Crippen LogP) is 1.95. The van der Waals surface area contributed by atoms with Crippen molar-refractivity contribution in [2.24, 2.45) is 5.92 Å². The van der Waals surface area contributed by atoms with Crippen molar-refractivity contribution in [3.8, 4) is 0 Å². The second-order valence-corrected chi connectivity index (χ2v) is 5.44. The summed E-state index contributed by atoms with van der Waals surface area (Å²) in [7, 11) is 4.13. The summed E-state index contributed by atoms with van der Waals surface area (Å²) in [5, 5.41) is 6.73. The van der Waals surface area contributed by atoms with E-state index in [9.17, 15) is 0 Å². The van der Waals surface area contributed by atoms with Crippen LogP contribution in [0.3, 0.4) is 0 Å². The Kier molecular flexibility index (Phi) is 5.22. The molecule has 1 aromatic heterocycles. The molecule has 0 saturated carbocycles. The molecule has 15 heavy (non-hydrogen) atoms. The van der Waals surface area contributed by atoms with Crippen molar-refractivity contribution in [3.63, 3.8) is 0 Å². The number of nitrogens with zero attached hydrogens (tertiary/aromatic N) is 2. The van der Waals surface area contributed by atoms with Gasteiger partial charge in [-0.2, -0.15) is 0 Å². The molecule has 0 aromatic carbocycles. The number of aromatic nitrogens is 1. The van der Waals surface area contributed by atoms with Crippen LogP contribution in [0.1, 0.15) is 24.5 Å². The van der Waals surface area contributed by atoms with Crippen LogP contribution in [-0.4, -0.2) is 30.5 Å². The van der Waals surface area contributed by atoms with Gasteiger partial charge in [-0.25, -0.2) is 4.98 Å². The molecule has 1 heterocycles. The minimum Gasteiger partial charge on any atom is -0.310 e. The monoisotopic (exact) mass is 227 g/mol. The van der Waals surface area contributed by atoms with E-state index in [1.165, 1.54) is 10.7 Å². The number of hydrogen-bond acceptors (Lipinski definition) is 4. The molecule has 0 unspecified atom stereocenters. The Morgan fingerprint density at radius 3 is 2.80 bits per heavy atom. The van der Waals surface area contributed by atoms with Gasteiger partial charge in [0.25, 0.3) is 0 Å². The van der Waals surface area contributed by atoms with Crippen molar-refractivity contribution in [3.05, 3.63) is 16.1 Å². The molecule has 4 heteroatoms. The van der Waals surface area contributed by atoms with Crippen LogP contribution in [0.2, 0.25) is 0 Å². The Balaban J connectivity index is 2.33. The van der Waals surface area contributed by atoms with E-state index >= 15 is 0 Å². The third-order valence-electron chi connectivity index (χ3n) is 1.91. The Morgan fingerprint density at radius 2 is 2.20 bits per heavy atom. The first-order valence-corrected chi connectivity index (χ1v) is 6.24. The van der Waals surface area contributed by atoms with Crippen molar-refractivity contribution in [2.45, 2.75) is 26.9 Å². The van der Waals surface area contributed by atoms with Gasteiger partial charge in [-0.1, -0.05) is 13.8 Å². The Bertz CT molecular complexity index is 281. The highest BCUT2D eigenvalue weighted by molar-refractivity contribution is 7.09. The molecular formula is C11H21N3S. The lowest BCUT2D eigenvalue weighted by Gasteiger charge is -2.06. The predicted molar refractivity (Wildman–Crippen MR) is 66.0 cm³/mol. The van der Waals surface area contributed by atoms with Crippen LogP contribution in [-0.2, 0) is 13.1 Å². The Morgan fingerprint density at radius 1 is 1.47 bits per heavy atom. The molecule has 0 fully saturated rings. The van der Waals surface area contributed by atoms with Crippen LogP contribution in [0.4, 0.5) is 0 Å². The summed E-state index contributed by atoms with van der Waals surface area (Å²) in [4.78, 5) is 6.70. The maximum atomic E-state index is 4.56. The smallest absolute Gasteiger partial charge is 0.107 e. The quantitative estimate of drug-likeness (QED) is 0.805. The number of hydrogen-bond donors (Lipinski definition) is 1. The van der Waals surface area contributed by atoms with Crippen LogP contribution < -0.4 is 5.32 Å². The molecule has 0 amide bonds. The van der Waals surface area contributed by atoms with Gasteiger partial charge in [-0.15, -0.1) is 11.3 Å². The van der Waals surface area contributed by atoms with Crippen LogP contribution in [0.15, 0.2) is 5.38 Å². The van der Waals surface area contributed by atoms with Gasteiger partial charge in [0.2, 0.25) is 0 Å². The van der Waals surface area contributed by atoms with Gasteiger partial charge in [0.05, 0.1) is 5.69 Å². The molecule has 0 saturated heterocycles. The molecule has 1 N–H and O–H groups in total. The lowest BCUT2D eigenvalue weighted by Crippen LogP contribution is -2.19. The van der Waals surface area contributed by atoms with Crippen molar-refractivity contribution in [1.82, 2.24) is 15.2 Å². The Hall–Kier alpha value is -0.450. The molecule has 0 bridgehead atoms. The molecule has 0 aliphatic carbocycles. The zero-order valence-corrected chi connectivity index (χ0v) is 10.9. The first kappa shape index (κ1) is 12.6. The SMILES string of the molecule is CC(C)CNCc1nc(CN(C)C)cs1. The van der Waals surface area contributed by atoms with Crippen molar-refractivity contribution in [2.75, 3.05) is 20.6 Å². The van der Waals surface area contributed by atoms with E-state index in [4.69, 9.17) is 0 Å². The second kappa shape index (κ2) is 6.20. The molecule has 0 atom stereocenters. The lowest BCUT2D eigenvalue weighted by molar-refractivity contribution is 0.397. The molecule has 1 rings (SSSR count). The third-order valence-corrected chi connectivity index (χ3v) is 2.80. The summed E-state index contributed by atoms with van der Waals surface area (Å²) in [6.45, 7) is 7.32. The van der Waals surface area contributed by atoms with Gasteiger partial charge in [0.1, 0.15) is 5.01 Å². The van der Waals surface area contributed by atoms with E-state index in [2.05, 4.69) is 48.5 Å². The molecular weight excluding hydrogens is 206 g/mol. The van der Waals surface area contributed by atoms with E-state index in [-0.39, 0.29) is 0 Å². The molecule has 0 aliphatic rings. The van der Waals surface area contributed by atoms with Gasteiger partial charge in [0, 0.05) is 18.5 Å². The molecule has 0 aliphatic heterocycles. The Labute approximate surface area is 96.5 Å². The molecule has 86 valence electrons. The fourth-order valence-electron chi connectivity index (χ4n) is 1.29. The fourth-order valence-corrected chi connectivity index (χ4v) is 2.05. The highest BCUT2D eigenvalue weighted by Gasteiger charge is 2.02. The van der Waals surface area contributed by atoms with Crippen LogP contribution in [0, 0.1) is 5.92 Å². The van der Waals surface area contributed by atoms with Crippen molar-refractivity contribution < 1.29 is 0 Å². The van der Waals surface area contributed by atoms with Crippen molar-refractivity contribution in [1.29, 1.82) is 0 Å². The average molecular weight is 227 g/mol. The first-order valence-electron chi connectivity index (χ1n) is 5.36. The molecule has 0 spiro atoms. The topological polar surface area (TPSA) is 28.2 Å². The number of rotatable bonds is 6. The summed E-state index contributed by atoms with van der Waals surface area (Å²) in [5.41, 5.74) is 1.17. The summed E-state index contributed by atoms with van der Waals surface area (Å²) in [5.74, 6) is 0.700. The van der Waals surface area contributed by atoms with E-state index in [0.717, 1.165) is 19.6 Å². The summed E-state index contributed by atoms with van der Waals surface area (Å²) >= 11 is 1.74. The standard InChI is InChI=1S/C11H21N3S/c1-9(2)5-12-6-11-13-10(8-15-11)7-14(3)4/h8-9,12H,5-7H2,1-4H3. The average Bonchev–Trinajstić information content (AvgIpc) is 2.50. The highest BCUT2D eigenvalue weighted by Crippen LogP contribution is 2.10. The van der Waals surface area contributed by atoms with Crippen LogP contribution >= 0.6 is 11.3 Å². The van der Waals surface area contributed by atoms with Crippen molar-refractivity contribution >= 4 is 11.3 Å². The normalized spacial score (nSPS) is 11.6. The molecule has 1 aromatic rings. The van der Waals surface area contributed by atoms with E-state index in [0.29, 0.717) is 5.92 Å². The van der Waals surface area contributed by atoms with E-state index < -0.39 is 0 Å². The zero-order valence-electron chi connectivity index (χ0n) is 10.1. The molecule has 0 radical (unpaired) electrons. The van der Waals surface area contributed by atoms with Gasteiger partial charge >= 0.3 is 0 Å². The minimum absolute atomic E-state index is 0.700. The van der Waals surface area contributed by atoms with Crippen LogP contribution in [0.5, 0.6) is 0 Å². The van der Waals surface area contributed by atoms with E-state index in [1.807, 2.05) is 0 Å².